The topological polar surface area (TPSA) is 92.2 Å². The lowest BCUT2D eigenvalue weighted by molar-refractivity contribution is 0.0704. The van der Waals surface area contributed by atoms with E-state index in [9.17, 15) is 28.3 Å². The van der Waals surface area contributed by atoms with Crippen LogP contribution in [0.4, 0.5) is 8.78 Å². The molecule has 0 aliphatic rings. The molecule has 4 rings (SSSR count). The molecular formula is C21H14F2N2O4S. The van der Waals surface area contributed by atoms with Gasteiger partial charge in [0.05, 0.1) is 16.6 Å². The number of aromatic nitrogens is 2. The third-order valence-corrected chi connectivity index (χ3v) is 5.71. The Morgan fingerprint density at radius 3 is 2.57 bits per heavy atom. The van der Waals surface area contributed by atoms with Gasteiger partial charge in [-0.3, -0.25) is 4.79 Å². The molecule has 0 bridgehead atoms. The summed E-state index contributed by atoms with van der Waals surface area (Å²) in [4.78, 5) is 38.9. The number of aromatic amines is 1. The van der Waals surface area contributed by atoms with Crippen molar-refractivity contribution < 1.29 is 18.7 Å². The Morgan fingerprint density at radius 1 is 1.07 bits per heavy atom. The van der Waals surface area contributed by atoms with Gasteiger partial charge in [0, 0.05) is 5.38 Å². The number of benzene rings is 2. The molecule has 30 heavy (non-hydrogen) atoms. The number of aromatic carboxylic acids is 1. The molecule has 2 N–H and O–H groups in total. The second kappa shape index (κ2) is 7.68. The van der Waals surface area contributed by atoms with Gasteiger partial charge in [0.15, 0.2) is 0 Å². The predicted molar refractivity (Wildman–Crippen MR) is 109 cm³/mol. The summed E-state index contributed by atoms with van der Waals surface area (Å²) in [6, 6.07) is 10.2. The van der Waals surface area contributed by atoms with E-state index < -0.39 is 23.0 Å². The summed E-state index contributed by atoms with van der Waals surface area (Å²) in [5.74, 6) is -2.48. The van der Waals surface area contributed by atoms with Gasteiger partial charge in [-0.2, -0.15) is 0 Å². The van der Waals surface area contributed by atoms with Crippen LogP contribution >= 0.6 is 11.3 Å². The summed E-state index contributed by atoms with van der Waals surface area (Å²) in [7, 11) is 0. The van der Waals surface area contributed by atoms with Crippen molar-refractivity contribution in [2.75, 3.05) is 0 Å². The molecule has 6 nitrogen and oxygen atoms in total. The molecule has 0 aliphatic heterocycles. The quantitative estimate of drug-likeness (QED) is 0.509. The first kappa shape index (κ1) is 19.7. The van der Waals surface area contributed by atoms with E-state index in [1.54, 1.807) is 18.2 Å². The molecule has 4 aromatic rings. The molecule has 0 atom stereocenters. The Morgan fingerprint density at radius 2 is 1.83 bits per heavy atom. The Kier molecular flexibility index (Phi) is 5.04. The second-order valence-corrected chi connectivity index (χ2v) is 7.49. The van der Waals surface area contributed by atoms with Crippen LogP contribution in [0.3, 0.4) is 0 Å². The minimum atomic E-state index is -1.31. The van der Waals surface area contributed by atoms with Crippen molar-refractivity contribution in [3.63, 3.8) is 0 Å². The number of carbonyl (C=O) groups is 1. The number of carboxylic acid groups (broad SMARTS) is 1. The molecule has 0 radical (unpaired) electrons. The minimum Gasteiger partial charge on any atom is -0.477 e. The summed E-state index contributed by atoms with van der Waals surface area (Å²) in [6.45, 7) is 0. The van der Waals surface area contributed by atoms with Crippen molar-refractivity contribution in [2.24, 2.45) is 0 Å². The molecule has 0 saturated carbocycles. The smallest absolute Gasteiger partial charge is 0.346 e. The first-order valence-electron chi connectivity index (χ1n) is 8.89. The maximum atomic E-state index is 14.5. The summed E-state index contributed by atoms with van der Waals surface area (Å²) < 4.78 is 29.0. The number of hydrogen-bond donors (Lipinski definition) is 2. The molecule has 2 heterocycles. The highest BCUT2D eigenvalue weighted by molar-refractivity contribution is 7.13. The van der Waals surface area contributed by atoms with Crippen LogP contribution in [0, 0.1) is 11.6 Å². The van der Waals surface area contributed by atoms with E-state index in [1.165, 1.54) is 23.6 Å². The number of rotatable bonds is 5. The van der Waals surface area contributed by atoms with Gasteiger partial charge in [0.2, 0.25) is 0 Å². The van der Waals surface area contributed by atoms with Crippen LogP contribution in [-0.4, -0.2) is 20.6 Å². The number of aryl methyl sites for hydroxylation is 2. The Hall–Kier alpha value is -3.59. The van der Waals surface area contributed by atoms with Gasteiger partial charge in [-0.1, -0.05) is 24.3 Å². The van der Waals surface area contributed by atoms with Crippen LogP contribution < -0.4 is 11.2 Å². The lowest BCUT2D eigenvalue weighted by Gasteiger charge is -2.10. The number of H-pyrrole nitrogens is 1. The standard InChI is InChI=1S/C21H14F2N2O4S/c22-13-4-2-1-3-12(13)7-5-11-6-8-14(23)16(9-11)25-19(26)17-15(24-21(25)29)10-30-18(17)20(27)28/h1-4,6,8-10H,5,7H2,(H,24,29)(H,27,28). The number of nitrogens with zero attached hydrogens (tertiary/aromatic N) is 1. The van der Waals surface area contributed by atoms with Gasteiger partial charge in [-0.15, -0.1) is 11.3 Å². The highest BCUT2D eigenvalue weighted by Crippen LogP contribution is 2.22. The van der Waals surface area contributed by atoms with Crippen molar-refractivity contribution in [2.45, 2.75) is 12.8 Å². The number of halogens is 2. The van der Waals surface area contributed by atoms with E-state index in [0.717, 1.165) is 17.4 Å². The molecule has 0 aliphatic carbocycles. The normalized spacial score (nSPS) is 11.1. The predicted octanol–water partition coefficient (Wildman–Crippen LogP) is 3.50. The van der Waals surface area contributed by atoms with Gasteiger partial charge in [0.25, 0.3) is 5.56 Å². The number of carboxylic acids is 1. The number of thiophene rings is 1. The van der Waals surface area contributed by atoms with Gasteiger partial charge < -0.3 is 10.1 Å². The summed E-state index contributed by atoms with van der Waals surface area (Å²) in [6.07, 6.45) is 0.692. The third kappa shape index (κ3) is 3.43. The number of hydrogen-bond acceptors (Lipinski definition) is 4. The fraction of sp³-hybridized carbons (Fsp3) is 0.0952. The van der Waals surface area contributed by atoms with Crippen LogP contribution in [0.1, 0.15) is 20.8 Å². The van der Waals surface area contributed by atoms with E-state index >= 15 is 0 Å². The highest BCUT2D eigenvalue weighted by Gasteiger charge is 2.20. The van der Waals surface area contributed by atoms with E-state index in [2.05, 4.69) is 4.98 Å². The molecule has 152 valence electrons. The van der Waals surface area contributed by atoms with Crippen molar-refractivity contribution in [1.29, 1.82) is 0 Å². The molecule has 0 saturated heterocycles. The Bertz CT molecular complexity index is 1400. The molecule has 0 spiro atoms. The zero-order valence-electron chi connectivity index (χ0n) is 15.3. The van der Waals surface area contributed by atoms with Crippen LogP contribution in [0.15, 0.2) is 57.4 Å². The fourth-order valence-corrected chi connectivity index (χ4v) is 4.11. The van der Waals surface area contributed by atoms with Crippen molar-refractivity contribution in [3.8, 4) is 5.69 Å². The van der Waals surface area contributed by atoms with E-state index in [-0.39, 0.29) is 27.3 Å². The SMILES string of the molecule is O=C(O)c1scc2[nH]c(=O)n(-c3cc(CCc4ccccc4F)ccc3F)c(=O)c12. The highest BCUT2D eigenvalue weighted by atomic mass is 32.1. The first-order valence-corrected chi connectivity index (χ1v) is 9.77. The summed E-state index contributed by atoms with van der Waals surface area (Å²) in [5, 5.41) is 10.5. The lowest BCUT2D eigenvalue weighted by Crippen LogP contribution is -2.34. The van der Waals surface area contributed by atoms with Gasteiger partial charge >= 0.3 is 11.7 Å². The first-order chi connectivity index (χ1) is 14.4. The molecule has 0 fully saturated rings. The summed E-state index contributed by atoms with van der Waals surface area (Å²) in [5.41, 5.74) is -0.935. The average Bonchev–Trinajstić information content (AvgIpc) is 3.13. The lowest BCUT2D eigenvalue weighted by atomic mass is 10.0. The Labute approximate surface area is 171 Å². The van der Waals surface area contributed by atoms with Gasteiger partial charge in [-0.25, -0.2) is 22.9 Å². The molecule has 9 heteroatoms. The van der Waals surface area contributed by atoms with E-state index in [4.69, 9.17) is 0 Å². The third-order valence-electron chi connectivity index (χ3n) is 4.74. The van der Waals surface area contributed by atoms with Crippen LogP contribution in [0.25, 0.3) is 16.6 Å². The van der Waals surface area contributed by atoms with Gasteiger partial charge in [-0.05, 0) is 42.2 Å². The van der Waals surface area contributed by atoms with Crippen molar-refractivity contribution >= 4 is 28.2 Å². The molecular weight excluding hydrogens is 414 g/mol. The average molecular weight is 428 g/mol. The molecule has 2 aromatic heterocycles. The minimum absolute atomic E-state index is 0.0831. The molecule has 0 amide bonds. The number of nitrogens with one attached hydrogen (secondary N) is 1. The largest absolute Gasteiger partial charge is 0.477 e. The number of fused-ring (bicyclic) bond motifs is 1. The van der Waals surface area contributed by atoms with Crippen LogP contribution in [0.2, 0.25) is 0 Å². The van der Waals surface area contributed by atoms with Crippen molar-refractivity contribution in [1.82, 2.24) is 9.55 Å². The zero-order chi connectivity index (χ0) is 21.4. The Balaban J connectivity index is 1.80. The molecule has 0 unspecified atom stereocenters. The van der Waals surface area contributed by atoms with Crippen LogP contribution in [0.5, 0.6) is 0 Å². The second-order valence-electron chi connectivity index (χ2n) is 6.61. The van der Waals surface area contributed by atoms with Crippen molar-refractivity contribution in [3.05, 3.63) is 96.3 Å². The van der Waals surface area contributed by atoms with Gasteiger partial charge in [0.1, 0.15) is 16.5 Å². The van der Waals surface area contributed by atoms with Crippen LogP contribution in [-0.2, 0) is 12.8 Å². The summed E-state index contributed by atoms with van der Waals surface area (Å²) >= 11 is 0.800. The maximum absolute atomic E-state index is 14.5. The zero-order valence-corrected chi connectivity index (χ0v) is 16.1. The van der Waals surface area contributed by atoms with E-state index in [1.807, 2.05) is 0 Å². The maximum Gasteiger partial charge on any atom is 0.346 e. The molecule has 2 aromatic carbocycles. The van der Waals surface area contributed by atoms with E-state index in [0.29, 0.717) is 28.5 Å². The fourth-order valence-electron chi connectivity index (χ4n) is 3.28. The monoisotopic (exact) mass is 428 g/mol.